The van der Waals surface area contributed by atoms with Crippen molar-refractivity contribution in [2.75, 3.05) is 26.3 Å². The third kappa shape index (κ3) is 14.0. The van der Waals surface area contributed by atoms with Gasteiger partial charge in [0.05, 0.1) is 11.5 Å². The first-order chi connectivity index (χ1) is 15.4. The average Bonchev–Trinajstić information content (AvgIpc) is 2.78. The van der Waals surface area contributed by atoms with Crippen LogP contribution in [0.3, 0.4) is 0 Å². The predicted octanol–water partition coefficient (Wildman–Crippen LogP) is 2.65. The Morgan fingerprint density at radius 2 is 1.47 bits per heavy atom. The van der Waals surface area contributed by atoms with Gasteiger partial charge in [-0.1, -0.05) is 49.6 Å². The molecule has 0 aliphatic carbocycles. The van der Waals surface area contributed by atoms with Crippen molar-refractivity contribution in [1.82, 2.24) is 10.0 Å². The second-order valence-corrected chi connectivity index (χ2v) is 9.23. The average molecular weight is 468 g/mol. The molecule has 0 unspecified atom stereocenters. The van der Waals surface area contributed by atoms with E-state index in [0.29, 0.717) is 19.8 Å². The Hall–Kier alpha value is -2.23. The number of nitrogens with one attached hydrogen (secondary N) is 2. The number of carbonyl (C=O) groups excluding carboxylic acids is 2. The van der Waals surface area contributed by atoms with Gasteiger partial charge in [0.25, 0.3) is 0 Å². The Kier molecular flexibility index (Phi) is 15.1. The molecule has 0 spiro atoms. The Labute approximate surface area is 192 Å². The van der Waals surface area contributed by atoms with E-state index in [1.165, 1.54) is 6.42 Å². The topological polar surface area (TPSA) is 128 Å². The minimum atomic E-state index is -3.45. The number of sulfonamides is 1. The molecule has 8 nitrogen and oxygen atoms in total. The van der Waals surface area contributed by atoms with Crippen LogP contribution in [0.1, 0.15) is 57.8 Å². The molecular weight excluding hydrogens is 430 g/mol. The van der Waals surface area contributed by atoms with Crippen LogP contribution in [0, 0.1) is 0 Å². The number of primary amides is 1. The standard InChI is InChI=1S/C23H37N3O5S/c24-22(27)23(28)25-17-13-8-6-4-2-1-3-5-7-9-14-19-31-20-18-26-32(29,30)21-15-11-10-12-16-21/h2,4,10-12,15-16,26H,1,3,5-9,13-14,17-20H2,(H2,24,27)(H,25,28)/b4-2-. The van der Waals surface area contributed by atoms with Crippen molar-refractivity contribution in [3.63, 3.8) is 0 Å². The van der Waals surface area contributed by atoms with E-state index in [1.807, 2.05) is 0 Å². The number of ether oxygens (including phenoxy) is 1. The van der Waals surface area contributed by atoms with E-state index in [4.69, 9.17) is 10.5 Å². The normalized spacial score (nSPS) is 11.6. The van der Waals surface area contributed by atoms with Gasteiger partial charge >= 0.3 is 11.8 Å². The highest BCUT2D eigenvalue weighted by atomic mass is 32.2. The van der Waals surface area contributed by atoms with Crippen molar-refractivity contribution in [3.05, 3.63) is 42.5 Å². The van der Waals surface area contributed by atoms with Gasteiger partial charge in [0.15, 0.2) is 0 Å². The molecule has 0 radical (unpaired) electrons. The Morgan fingerprint density at radius 3 is 2.16 bits per heavy atom. The maximum atomic E-state index is 12.0. The van der Waals surface area contributed by atoms with Gasteiger partial charge in [0.1, 0.15) is 0 Å². The van der Waals surface area contributed by atoms with E-state index in [2.05, 4.69) is 22.2 Å². The number of allylic oxidation sites excluding steroid dienone is 2. The highest BCUT2D eigenvalue weighted by molar-refractivity contribution is 7.89. The summed E-state index contributed by atoms with van der Waals surface area (Å²) >= 11 is 0. The molecule has 1 aromatic rings. The summed E-state index contributed by atoms with van der Waals surface area (Å²) in [6, 6.07) is 8.31. The number of carbonyl (C=O) groups is 2. The second kappa shape index (κ2) is 17.3. The zero-order valence-corrected chi connectivity index (χ0v) is 19.6. The molecule has 0 atom stereocenters. The zero-order valence-electron chi connectivity index (χ0n) is 18.8. The number of unbranched alkanes of at least 4 members (excludes halogenated alkanes) is 7. The van der Waals surface area contributed by atoms with Crippen molar-refractivity contribution >= 4 is 21.8 Å². The summed E-state index contributed by atoms with van der Waals surface area (Å²) in [6.45, 7) is 1.76. The molecule has 9 heteroatoms. The molecule has 4 N–H and O–H groups in total. The number of hydrogen-bond donors (Lipinski definition) is 3. The van der Waals surface area contributed by atoms with Crippen LogP contribution in [0.2, 0.25) is 0 Å². The third-order valence-electron chi connectivity index (χ3n) is 4.73. The summed E-state index contributed by atoms with van der Waals surface area (Å²) in [6.07, 6.45) is 13.8. The molecule has 0 bridgehead atoms. The summed E-state index contributed by atoms with van der Waals surface area (Å²) < 4.78 is 32.1. The number of hydrogen-bond acceptors (Lipinski definition) is 5. The van der Waals surface area contributed by atoms with Gasteiger partial charge < -0.3 is 15.8 Å². The molecular formula is C23H37N3O5S. The minimum absolute atomic E-state index is 0.266. The number of amides is 2. The van der Waals surface area contributed by atoms with Crippen LogP contribution >= 0.6 is 0 Å². The molecule has 0 saturated heterocycles. The fraction of sp³-hybridized carbons (Fsp3) is 0.565. The largest absolute Gasteiger partial charge is 0.380 e. The summed E-state index contributed by atoms with van der Waals surface area (Å²) in [5.74, 6) is -1.67. The van der Waals surface area contributed by atoms with Crippen LogP contribution in [-0.2, 0) is 24.3 Å². The quantitative estimate of drug-likeness (QED) is 0.174. The second-order valence-electron chi connectivity index (χ2n) is 7.47. The fourth-order valence-electron chi connectivity index (χ4n) is 2.94. The number of rotatable bonds is 18. The van der Waals surface area contributed by atoms with E-state index >= 15 is 0 Å². The molecule has 0 saturated carbocycles. The van der Waals surface area contributed by atoms with Crippen molar-refractivity contribution in [3.8, 4) is 0 Å². The van der Waals surface area contributed by atoms with Crippen molar-refractivity contribution in [2.45, 2.75) is 62.7 Å². The SMILES string of the molecule is NC(=O)C(=O)NCCCC/C=C\CCCCCCCOCCNS(=O)(=O)c1ccccc1. The van der Waals surface area contributed by atoms with Crippen LogP contribution < -0.4 is 15.8 Å². The van der Waals surface area contributed by atoms with Gasteiger partial charge in [-0.05, 0) is 50.7 Å². The van der Waals surface area contributed by atoms with Gasteiger partial charge in [0, 0.05) is 19.7 Å². The summed E-state index contributed by atoms with van der Waals surface area (Å²) in [5, 5.41) is 2.47. The molecule has 180 valence electrons. The van der Waals surface area contributed by atoms with Crippen molar-refractivity contribution in [1.29, 1.82) is 0 Å². The van der Waals surface area contributed by atoms with E-state index in [-0.39, 0.29) is 11.4 Å². The Morgan fingerprint density at radius 1 is 0.844 bits per heavy atom. The monoisotopic (exact) mass is 467 g/mol. The highest BCUT2D eigenvalue weighted by Gasteiger charge is 2.11. The van der Waals surface area contributed by atoms with Gasteiger partial charge in [-0.3, -0.25) is 9.59 Å². The Bertz CT molecular complexity index is 782. The van der Waals surface area contributed by atoms with Crippen LogP contribution in [0.5, 0.6) is 0 Å². The van der Waals surface area contributed by atoms with Crippen molar-refractivity contribution < 1.29 is 22.7 Å². The van der Waals surface area contributed by atoms with E-state index in [0.717, 1.165) is 51.4 Å². The number of benzene rings is 1. The first-order valence-electron chi connectivity index (χ1n) is 11.3. The summed E-state index contributed by atoms with van der Waals surface area (Å²) in [4.78, 5) is 21.8. The summed E-state index contributed by atoms with van der Waals surface area (Å²) in [7, 11) is -3.45. The molecule has 1 aromatic carbocycles. The van der Waals surface area contributed by atoms with Gasteiger partial charge in [-0.2, -0.15) is 0 Å². The molecule has 0 aromatic heterocycles. The molecule has 0 heterocycles. The van der Waals surface area contributed by atoms with Crippen molar-refractivity contribution in [2.24, 2.45) is 5.73 Å². The lowest BCUT2D eigenvalue weighted by Crippen LogP contribution is -2.36. The zero-order chi connectivity index (χ0) is 23.5. The van der Waals surface area contributed by atoms with Crippen LogP contribution in [0.25, 0.3) is 0 Å². The smallest absolute Gasteiger partial charge is 0.309 e. The fourth-order valence-corrected chi connectivity index (χ4v) is 3.98. The van der Waals surface area contributed by atoms with E-state index in [9.17, 15) is 18.0 Å². The molecule has 0 aliphatic rings. The Balaban J connectivity index is 1.85. The van der Waals surface area contributed by atoms with Gasteiger partial charge in [-0.25, -0.2) is 13.1 Å². The van der Waals surface area contributed by atoms with Gasteiger partial charge in [0.2, 0.25) is 10.0 Å². The maximum Gasteiger partial charge on any atom is 0.309 e. The third-order valence-corrected chi connectivity index (χ3v) is 6.20. The minimum Gasteiger partial charge on any atom is -0.380 e. The van der Waals surface area contributed by atoms with Crippen LogP contribution in [0.4, 0.5) is 0 Å². The highest BCUT2D eigenvalue weighted by Crippen LogP contribution is 2.08. The summed E-state index contributed by atoms with van der Waals surface area (Å²) in [5.41, 5.74) is 4.85. The lowest BCUT2D eigenvalue weighted by Gasteiger charge is -2.07. The lowest BCUT2D eigenvalue weighted by molar-refractivity contribution is -0.137. The van der Waals surface area contributed by atoms with Crippen LogP contribution in [-0.4, -0.2) is 46.5 Å². The molecule has 0 aliphatic heterocycles. The maximum absolute atomic E-state index is 12.0. The molecule has 2 amide bonds. The predicted molar refractivity (Wildman–Crippen MR) is 125 cm³/mol. The first-order valence-corrected chi connectivity index (χ1v) is 12.8. The van der Waals surface area contributed by atoms with Gasteiger partial charge in [-0.15, -0.1) is 0 Å². The lowest BCUT2D eigenvalue weighted by atomic mass is 10.1. The van der Waals surface area contributed by atoms with E-state index < -0.39 is 21.8 Å². The first kappa shape index (κ1) is 27.8. The van der Waals surface area contributed by atoms with Crippen LogP contribution in [0.15, 0.2) is 47.4 Å². The molecule has 32 heavy (non-hydrogen) atoms. The molecule has 1 rings (SSSR count). The van der Waals surface area contributed by atoms with E-state index in [1.54, 1.807) is 30.3 Å². The molecule has 0 fully saturated rings. The number of nitrogens with two attached hydrogens (primary N) is 1.